The molecular weight excluding hydrogens is 1150 g/mol. The lowest BCUT2D eigenvalue weighted by atomic mass is 10.0. The van der Waals surface area contributed by atoms with Crippen molar-refractivity contribution in [2.75, 3.05) is 20.1 Å². The molecule has 1 aliphatic heterocycles. The van der Waals surface area contributed by atoms with Gasteiger partial charge in [-0.05, 0) is 54.9 Å². The number of amides is 12. The van der Waals surface area contributed by atoms with Crippen molar-refractivity contribution in [3.8, 4) is 0 Å². The van der Waals surface area contributed by atoms with Gasteiger partial charge in [-0.1, -0.05) is 92.7 Å². The van der Waals surface area contributed by atoms with E-state index in [0.29, 0.717) is 21.6 Å². The molecule has 30 heteroatoms. The lowest BCUT2D eigenvalue weighted by Crippen LogP contribution is -2.62. The Balaban J connectivity index is 1.28. The Kier molecular flexibility index (Phi) is 25.7. The number of hydrazine groups is 1. The van der Waals surface area contributed by atoms with E-state index in [4.69, 9.17) is 16.9 Å². The number of alkyl halides is 1. The molecule has 19 N–H and O–H groups in total. The average Bonchev–Trinajstić information content (AvgIpc) is 2.82. The summed E-state index contributed by atoms with van der Waals surface area (Å²) in [7, 11) is 1.53. The number of para-hydroxylation sites is 1. The van der Waals surface area contributed by atoms with E-state index < -0.39 is 145 Å². The van der Waals surface area contributed by atoms with Crippen LogP contribution in [-0.2, 0) is 67.2 Å². The summed E-state index contributed by atoms with van der Waals surface area (Å²) in [6.45, 7) is 4.91. The highest BCUT2D eigenvalue weighted by atomic mass is 19.2. The SMILES string of the molecule is CNC(=N)NCCC[C@H](NC(=O)[C@H](CC(C)C)NC(=O)NNC(=O)[C@H](Cc1ccccc1)NC(=O)[C@@H](NC(=O)[C@H](CC(N)=O)NC(=O)[C@@H]1C[C@](O)(F)CN1C(=O)[C@H](Cc1ccccc1)NC(C)=O)[C@@H](C)O)C(=O)N[C@@H](Cc1c[nH]c2ccccc12)C(N)=O. The molecule has 4 aromatic rings. The molecular formula is C58H79FN16O13. The summed E-state index contributed by atoms with van der Waals surface area (Å²) in [5, 5.41) is 52.6. The fourth-order valence-electron chi connectivity index (χ4n) is 9.73. The number of carbonyl (C=O) groups is 11. The normalized spacial score (nSPS) is 17.2. The third kappa shape index (κ3) is 21.4. The first-order valence-corrected chi connectivity index (χ1v) is 28.4. The van der Waals surface area contributed by atoms with Gasteiger partial charge in [-0.25, -0.2) is 14.6 Å². The first-order valence-electron chi connectivity index (χ1n) is 28.4. The highest BCUT2D eigenvalue weighted by Gasteiger charge is 2.50. The van der Waals surface area contributed by atoms with Crippen molar-refractivity contribution < 1.29 is 67.3 Å². The molecule has 29 nitrogen and oxygen atoms in total. The molecule has 12 amide bonds. The predicted octanol–water partition coefficient (Wildman–Crippen LogP) is -2.61. The van der Waals surface area contributed by atoms with Crippen LogP contribution in [-0.4, -0.2) is 172 Å². The number of aromatic nitrogens is 1. The third-order valence-electron chi connectivity index (χ3n) is 14.1. The molecule has 1 saturated heterocycles. The zero-order valence-corrected chi connectivity index (χ0v) is 49.4. The molecule has 0 radical (unpaired) electrons. The maximum Gasteiger partial charge on any atom is 0.334 e. The van der Waals surface area contributed by atoms with Crippen LogP contribution < -0.4 is 70.2 Å². The molecule has 476 valence electrons. The number of nitrogens with two attached hydrogens (primary N) is 2. The van der Waals surface area contributed by atoms with Gasteiger partial charge in [-0.3, -0.25) is 58.8 Å². The Morgan fingerprint density at radius 3 is 1.86 bits per heavy atom. The summed E-state index contributed by atoms with van der Waals surface area (Å²) in [5.41, 5.74) is 18.1. The number of β-amino-alcohol motifs (C(OH)–C–C–N with tert-alkyl or cyclic N) is 1. The van der Waals surface area contributed by atoms with E-state index in [0.717, 1.165) is 24.8 Å². The highest BCUT2D eigenvalue weighted by molar-refractivity contribution is 5.99. The molecule has 1 fully saturated rings. The maximum absolute atomic E-state index is 15.4. The molecule has 1 aliphatic rings. The summed E-state index contributed by atoms with van der Waals surface area (Å²) < 4.78 is 15.4. The van der Waals surface area contributed by atoms with Gasteiger partial charge in [0.05, 0.1) is 19.1 Å². The number of primary amides is 2. The number of hydrogen-bond donors (Lipinski definition) is 17. The van der Waals surface area contributed by atoms with Crippen molar-refractivity contribution in [2.24, 2.45) is 17.4 Å². The number of nitrogens with one attached hydrogen (secondary N) is 13. The molecule has 0 bridgehead atoms. The number of hydrogen-bond acceptors (Lipinski definition) is 14. The number of H-pyrrole nitrogens is 1. The van der Waals surface area contributed by atoms with Crippen molar-refractivity contribution in [1.29, 1.82) is 5.41 Å². The maximum atomic E-state index is 15.4. The number of halogens is 1. The quantitative estimate of drug-likeness (QED) is 0.0110. The molecule has 88 heavy (non-hydrogen) atoms. The minimum atomic E-state index is -3.12. The van der Waals surface area contributed by atoms with E-state index in [-0.39, 0.29) is 56.9 Å². The first-order chi connectivity index (χ1) is 41.6. The zero-order valence-electron chi connectivity index (χ0n) is 49.4. The van der Waals surface area contributed by atoms with Crippen LogP contribution in [0, 0.1) is 11.3 Å². The van der Waals surface area contributed by atoms with Crippen LogP contribution in [0.25, 0.3) is 10.9 Å². The van der Waals surface area contributed by atoms with Gasteiger partial charge in [0, 0.05) is 63.3 Å². The van der Waals surface area contributed by atoms with Crippen LogP contribution in [0.4, 0.5) is 9.18 Å². The standard InChI is InChI=1S/C58H79FN16O13/c1-31(2)23-41(50(81)67-39(21-14-22-64-56(62)63-5)49(80)68-40(48(61)79)26-36-29-65-38-20-13-12-19-37(36)38)71-57(87)74-73-52(83)42(24-34-15-8-6-9-16-34)70-54(85)47(32(3)76)72-51(82)43(27-46(60)78)69-53(84)45-28-58(59,88)30-75(45)55(86)44(66-33(4)77)25-35-17-10-7-11-18-35/h6-13,15-20,29,31-32,39-45,47,65,76,88H,14,21-28,30H2,1-5H3,(H2,60,78)(H2,61,79)(H,66,77)(H,67,81)(H,68,80)(H,69,84)(H,70,85)(H,72,82)(H,73,83)(H3,62,63,64)(H2,71,74,87)/t32-,39+,40+,41+,42+,43+,44+,45+,47+,58-/m1/s1. The Labute approximate surface area is 506 Å². The van der Waals surface area contributed by atoms with Gasteiger partial charge in [0.25, 0.3) is 5.91 Å². The molecule has 3 aromatic carbocycles. The highest BCUT2D eigenvalue weighted by Crippen LogP contribution is 2.30. The Morgan fingerprint density at radius 2 is 1.27 bits per heavy atom. The van der Waals surface area contributed by atoms with Gasteiger partial charge in [0.15, 0.2) is 5.96 Å². The van der Waals surface area contributed by atoms with Gasteiger partial charge in [-0.2, -0.15) is 0 Å². The van der Waals surface area contributed by atoms with Gasteiger partial charge in [0.1, 0.15) is 48.3 Å². The monoisotopic (exact) mass is 1230 g/mol. The molecule has 0 spiro atoms. The Hall–Kier alpha value is -9.71. The van der Waals surface area contributed by atoms with E-state index >= 15 is 4.39 Å². The number of aliphatic hydroxyl groups excluding tert-OH is 1. The van der Waals surface area contributed by atoms with Gasteiger partial charge < -0.3 is 79.4 Å². The number of nitrogens with zero attached hydrogens (tertiary/aromatic N) is 1. The minimum absolute atomic E-state index is 0.00113. The number of aliphatic hydroxyl groups is 2. The molecule has 0 saturated carbocycles. The van der Waals surface area contributed by atoms with E-state index in [2.05, 4.69) is 63.7 Å². The molecule has 5 rings (SSSR count). The Bertz CT molecular complexity index is 3130. The minimum Gasteiger partial charge on any atom is -0.391 e. The van der Waals surface area contributed by atoms with Crippen LogP contribution in [0.2, 0.25) is 0 Å². The second-order valence-corrected chi connectivity index (χ2v) is 21.8. The number of fused-ring (bicyclic) bond motifs is 1. The summed E-state index contributed by atoms with van der Waals surface area (Å²) >= 11 is 0. The van der Waals surface area contributed by atoms with Crippen molar-refractivity contribution in [1.82, 2.24) is 68.6 Å². The number of aromatic amines is 1. The van der Waals surface area contributed by atoms with Crippen LogP contribution in [0.3, 0.4) is 0 Å². The topological polar surface area (TPSA) is 455 Å². The molecule has 0 aliphatic carbocycles. The van der Waals surface area contributed by atoms with E-state index in [1.165, 1.54) is 7.05 Å². The van der Waals surface area contributed by atoms with E-state index in [9.17, 15) is 63.0 Å². The van der Waals surface area contributed by atoms with E-state index in [1.807, 2.05) is 24.3 Å². The Morgan fingerprint density at radius 1 is 0.693 bits per heavy atom. The lowest BCUT2D eigenvalue weighted by molar-refractivity contribution is -0.143. The first kappa shape index (κ1) is 69.1. The summed E-state index contributed by atoms with van der Waals surface area (Å²) in [6, 6.07) is 10.2. The van der Waals surface area contributed by atoms with Crippen molar-refractivity contribution >= 4 is 82.0 Å². The number of carbonyl (C=O) groups excluding carboxylic acids is 11. The van der Waals surface area contributed by atoms with Crippen LogP contribution >= 0.6 is 0 Å². The number of urea groups is 1. The molecule has 10 atom stereocenters. The van der Waals surface area contributed by atoms with Crippen molar-refractivity contribution in [3.63, 3.8) is 0 Å². The molecule has 1 aromatic heterocycles. The van der Waals surface area contributed by atoms with Crippen LogP contribution in [0.15, 0.2) is 91.1 Å². The average molecular weight is 1230 g/mol. The summed E-state index contributed by atoms with van der Waals surface area (Å²) in [5.74, 6) is -13.4. The number of rotatable bonds is 30. The van der Waals surface area contributed by atoms with Crippen LogP contribution in [0.5, 0.6) is 0 Å². The predicted molar refractivity (Wildman–Crippen MR) is 317 cm³/mol. The third-order valence-corrected chi connectivity index (χ3v) is 14.1. The zero-order chi connectivity index (χ0) is 64.8. The van der Waals surface area contributed by atoms with Crippen molar-refractivity contribution in [3.05, 3.63) is 108 Å². The largest absolute Gasteiger partial charge is 0.391 e. The second kappa shape index (κ2) is 32.7. The second-order valence-electron chi connectivity index (χ2n) is 21.8. The van der Waals surface area contributed by atoms with E-state index in [1.54, 1.807) is 80.7 Å². The number of benzene rings is 3. The summed E-state index contributed by atoms with van der Waals surface area (Å²) in [4.78, 5) is 153. The fourth-order valence-corrected chi connectivity index (χ4v) is 9.73. The van der Waals surface area contributed by atoms with Gasteiger partial charge in [-0.15, -0.1) is 0 Å². The summed E-state index contributed by atoms with van der Waals surface area (Å²) in [6.07, 6.45) is -2.13. The fraction of sp³-hybridized carbons (Fsp3) is 0.448. The number of likely N-dealkylation sites (tertiary alicyclic amines) is 1. The van der Waals surface area contributed by atoms with Gasteiger partial charge in [0.2, 0.25) is 59.0 Å². The lowest BCUT2D eigenvalue weighted by Gasteiger charge is -2.30. The van der Waals surface area contributed by atoms with Gasteiger partial charge >= 0.3 is 6.03 Å². The smallest absolute Gasteiger partial charge is 0.334 e. The number of guanidine groups is 1. The van der Waals surface area contributed by atoms with Crippen LogP contribution in [0.1, 0.15) is 76.5 Å². The van der Waals surface area contributed by atoms with Crippen molar-refractivity contribution in [2.45, 2.75) is 139 Å². The molecule has 2 heterocycles. The molecule has 0 unspecified atom stereocenters.